The molecule has 1 aliphatic rings. The van der Waals surface area contributed by atoms with E-state index >= 15 is 0 Å². The molecule has 0 atom stereocenters. The number of carbonyl (C=O) groups is 1. The Kier molecular flexibility index (Phi) is 6.53. The second-order valence-corrected chi connectivity index (χ2v) is 7.06. The number of methoxy groups -OCH3 is 1. The summed E-state index contributed by atoms with van der Waals surface area (Å²) in [5.74, 6) is 1.02. The highest BCUT2D eigenvalue weighted by Gasteiger charge is 2.20. The van der Waals surface area contributed by atoms with Crippen LogP contribution in [0.15, 0.2) is 48.5 Å². The van der Waals surface area contributed by atoms with Crippen LogP contribution in [0.3, 0.4) is 0 Å². The summed E-state index contributed by atoms with van der Waals surface area (Å²) in [6, 6.07) is 15.8. The second kappa shape index (κ2) is 9.06. The van der Waals surface area contributed by atoms with Crippen molar-refractivity contribution >= 4 is 17.5 Å². The van der Waals surface area contributed by atoms with Gasteiger partial charge in [-0.3, -0.25) is 9.69 Å². The maximum atomic E-state index is 12.5. The van der Waals surface area contributed by atoms with Crippen molar-refractivity contribution in [3.63, 3.8) is 0 Å². The van der Waals surface area contributed by atoms with Crippen molar-refractivity contribution in [2.75, 3.05) is 39.8 Å². The molecule has 0 radical (unpaired) electrons. The first kappa shape index (κ1) is 18.7. The molecule has 2 aromatic rings. The average molecular weight is 373 g/mol. The molecule has 0 bridgehead atoms. The van der Waals surface area contributed by atoms with E-state index in [1.165, 1.54) is 5.56 Å². The minimum atomic E-state index is 0.201. The number of halogens is 1. The van der Waals surface area contributed by atoms with E-state index in [-0.39, 0.29) is 5.91 Å². The van der Waals surface area contributed by atoms with E-state index in [0.717, 1.165) is 55.5 Å². The van der Waals surface area contributed by atoms with Gasteiger partial charge < -0.3 is 9.64 Å². The molecule has 0 aliphatic carbocycles. The van der Waals surface area contributed by atoms with Crippen LogP contribution in [0.2, 0.25) is 5.02 Å². The Hall–Kier alpha value is -2.04. The zero-order valence-corrected chi connectivity index (χ0v) is 15.9. The number of rotatable bonds is 6. The summed E-state index contributed by atoms with van der Waals surface area (Å²) < 4.78 is 5.16. The van der Waals surface area contributed by atoms with Gasteiger partial charge in [0.05, 0.1) is 13.5 Å². The smallest absolute Gasteiger partial charge is 0.227 e. The summed E-state index contributed by atoms with van der Waals surface area (Å²) in [6.07, 6.45) is 1.46. The Labute approximate surface area is 160 Å². The topological polar surface area (TPSA) is 32.8 Å². The van der Waals surface area contributed by atoms with Crippen molar-refractivity contribution in [1.29, 1.82) is 0 Å². The van der Waals surface area contributed by atoms with E-state index < -0.39 is 0 Å². The molecule has 138 valence electrons. The molecule has 0 spiro atoms. The molecule has 1 amide bonds. The number of benzene rings is 2. The number of hydrogen-bond acceptors (Lipinski definition) is 3. The van der Waals surface area contributed by atoms with Gasteiger partial charge in [-0.2, -0.15) is 0 Å². The molecule has 0 aromatic heterocycles. The number of hydrogen-bond donors (Lipinski definition) is 0. The van der Waals surface area contributed by atoms with Gasteiger partial charge in [0.15, 0.2) is 0 Å². The fourth-order valence-corrected chi connectivity index (χ4v) is 3.31. The molecule has 0 unspecified atom stereocenters. The van der Waals surface area contributed by atoms with E-state index in [9.17, 15) is 4.79 Å². The molecule has 1 fully saturated rings. The number of carbonyl (C=O) groups excluding carboxylic acids is 1. The van der Waals surface area contributed by atoms with Gasteiger partial charge in [-0.25, -0.2) is 0 Å². The molecule has 0 saturated carbocycles. The minimum Gasteiger partial charge on any atom is -0.497 e. The summed E-state index contributed by atoms with van der Waals surface area (Å²) >= 11 is 5.93. The third-order valence-corrected chi connectivity index (χ3v) is 5.12. The number of piperazine rings is 1. The molecule has 1 heterocycles. The zero-order valence-electron chi connectivity index (χ0n) is 15.2. The molecule has 26 heavy (non-hydrogen) atoms. The second-order valence-electron chi connectivity index (χ2n) is 6.62. The first-order valence-electron chi connectivity index (χ1n) is 9.01. The number of amides is 1. The van der Waals surface area contributed by atoms with Gasteiger partial charge in [0, 0.05) is 37.7 Å². The van der Waals surface area contributed by atoms with Gasteiger partial charge in [-0.1, -0.05) is 35.9 Å². The highest BCUT2D eigenvalue weighted by Crippen LogP contribution is 2.14. The molecule has 1 saturated heterocycles. The molecule has 0 N–H and O–H groups in total. The Morgan fingerprint density at radius 1 is 0.962 bits per heavy atom. The Morgan fingerprint density at radius 2 is 1.58 bits per heavy atom. The van der Waals surface area contributed by atoms with Crippen LogP contribution in [0.25, 0.3) is 0 Å². The highest BCUT2D eigenvalue weighted by atomic mass is 35.5. The van der Waals surface area contributed by atoms with Crippen LogP contribution in [-0.4, -0.2) is 55.5 Å². The van der Waals surface area contributed by atoms with E-state index in [2.05, 4.69) is 17.0 Å². The molecule has 2 aromatic carbocycles. The quantitative estimate of drug-likeness (QED) is 0.780. The molecule has 4 nitrogen and oxygen atoms in total. The van der Waals surface area contributed by atoms with Crippen LogP contribution < -0.4 is 4.74 Å². The molecule has 3 rings (SSSR count). The lowest BCUT2D eigenvalue weighted by Crippen LogP contribution is -2.49. The molecular formula is C21H25ClN2O2. The highest BCUT2D eigenvalue weighted by molar-refractivity contribution is 6.30. The van der Waals surface area contributed by atoms with Crippen molar-refractivity contribution in [3.05, 3.63) is 64.7 Å². The first-order valence-corrected chi connectivity index (χ1v) is 9.39. The van der Waals surface area contributed by atoms with Crippen molar-refractivity contribution in [2.45, 2.75) is 12.8 Å². The van der Waals surface area contributed by atoms with Crippen LogP contribution in [0.1, 0.15) is 11.1 Å². The largest absolute Gasteiger partial charge is 0.497 e. The summed E-state index contributed by atoms with van der Waals surface area (Å²) in [7, 11) is 1.65. The molecular weight excluding hydrogens is 348 g/mol. The number of nitrogens with zero attached hydrogens (tertiary/aromatic N) is 2. The maximum absolute atomic E-state index is 12.5. The minimum absolute atomic E-state index is 0.201. The predicted octanol–water partition coefficient (Wildman–Crippen LogP) is 3.28. The summed E-state index contributed by atoms with van der Waals surface area (Å²) in [5.41, 5.74) is 2.33. The Balaban J connectivity index is 1.42. The third-order valence-electron chi connectivity index (χ3n) is 4.87. The Morgan fingerprint density at radius 3 is 2.19 bits per heavy atom. The first-order chi connectivity index (χ1) is 12.6. The van der Waals surface area contributed by atoms with E-state index in [1.807, 2.05) is 41.3 Å². The molecule has 1 aliphatic heterocycles. The number of ether oxygens (including phenoxy) is 1. The Bertz CT molecular complexity index is 708. The van der Waals surface area contributed by atoms with Gasteiger partial charge in [0.1, 0.15) is 5.75 Å². The van der Waals surface area contributed by atoms with Gasteiger partial charge in [-0.15, -0.1) is 0 Å². The van der Waals surface area contributed by atoms with Gasteiger partial charge in [0.2, 0.25) is 5.91 Å². The monoisotopic (exact) mass is 372 g/mol. The fourth-order valence-electron chi connectivity index (χ4n) is 3.19. The summed E-state index contributed by atoms with van der Waals surface area (Å²) in [5, 5.41) is 0.776. The van der Waals surface area contributed by atoms with Crippen molar-refractivity contribution < 1.29 is 9.53 Å². The van der Waals surface area contributed by atoms with Gasteiger partial charge in [-0.05, 0) is 41.8 Å². The lowest BCUT2D eigenvalue weighted by atomic mass is 10.1. The van der Waals surface area contributed by atoms with E-state index in [1.54, 1.807) is 7.11 Å². The lowest BCUT2D eigenvalue weighted by Gasteiger charge is -2.34. The predicted molar refractivity (Wildman–Crippen MR) is 105 cm³/mol. The van der Waals surface area contributed by atoms with Crippen molar-refractivity contribution in [2.24, 2.45) is 0 Å². The summed E-state index contributed by atoms with van der Waals surface area (Å²) in [6.45, 7) is 4.48. The van der Waals surface area contributed by atoms with Crippen LogP contribution in [-0.2, 0) is 17.6 Å². The lowest BCUT2D eigenvalue weighted by molar-refractivity contribution is -0.132. The standard InChI is InChI=1S/C21H25ClN2O2/c1-26-20-8-4-18(5-9-20)16-21(25)24-14-12-23(13-15-24)11-10-17-2-6-19(22)7-3-17/h2-9H,10-16H2,1H3. The van der Waals surface area contributed by atoms with Crippen LogP contribution >= 0.6 is 11.6 Å². The van der Waals surface area contributed by atoms with Crippen molar-refractivity contribution in [3.8, 4) is 5.75 Å². The normalized spacial score (nSPS) is 15.1. The van der Waals surface area contributed by atoms with Crippen LogP contribution in [0.4, 0.5) is 0 Å². The van der Waals surface area contributed by atoms with E-state index in [4.69, 9.17) is 16.3 Å². The van der Waals surface area contributed by atoms with Crippen molar-refractivity contribution in [1.82, 2.24) is 9.80 Å². The van der Waals surface area contributed by atoms with Crippen LogP contribution in [0, 0.1) is 0 Å². The van der Waals surface area contributed by atoms with Gasteiger partial charge in [0.25, 0.3) is 0 Å². The summed E-state index contributed by atoms with van der Waals surface area (Å²) in [4.78, 5) is 16.9. The third kappa shape index (κ3) is 5.23. The molecule has 5 heteroatoms. The van der Waals surface area contributed by atoms with Crippen LogP contribution in [0.5, 0.6) is 5.75 Å². The average Bonchev–Trinajstić information content (AvgIpc) is 2.68. The van der Waals surface area contributed by atoms with Gasteiger partial charge >= 0.3 is 0 Å². The fraction of sp³-hybridized carbons (Fsp3) is 0.381. The van der Waals surface area contributed by atoms with E-state index in [0.29, 0.717) is 6.42 Å². The zero-order chi connectivity index (χ0) is 18.4. The SMILES string of the molecule is COc1ccc(CC(=O)N2CCN(CCc3ccc(Cl)cc3)CC2)cc1. The maximum Gasteiger partial charge on any atom is 0.227 e.